The molecule has 0 spiro atoms. The second-order valence-corrected chi connectivity index (χ2v) is 11.2. The Hall–Kier alpha value is -4.89. The molecule has 4 aromatic heterocycles. The third-order valence-electron chi connectivity index (χ3n) is 5.84. The van der Waals surface area contributed by atoms with Gasteiger partial charge in [-0.15, -0.1) is 0 Å². The highest BCUT2D eigenvalue weighted by atomic mass is 32.2. The van der Waals surface area contributed by atoms with Gasteiger partial charge < -0.3 is 15.7 Å². The van der Waals surface area contributed by atoms with E-state index in [4.69, 9.17) is 0 Å². The molecule has 196 valence electrons. The number of imidazole rings is 1. The minimum absolute atomic E-state index is 0.0332. The lowest BCUT2D eigenvalue weighted by Gasteiger charge is -2.11. The summed E-state index contributed by atoms with van der Waals surface area (Å²) in [4.78, 5) is 38.0. The molecule has 2 amide bonds. The molecule has 5 heterocycles. The molecule has 0 aliphatic carbocycles. The number of hydrogen-bond donors (Lipinski definition) is 4. The number of hydrogen-bond acceptors (Lipinski definition) is 10. The molecule has 0 fully saturated rings. The fraction of sp³-hybridized carbons (Fsp3) is 0.0833. The lowest BCUT2D eigenvalue weighted by Crippen LogP contribution is -2.36. The molecule has 0 saturated carbocycles. The summed E-state index contributed by atoms with van der Waals surface area (Å²) < 4.78 is 30.2. The second-order valence-electron chi connectivity index (χ2n) is 8.51. The van der Waals surface area contributed by atoms with Gasteiger partial charge in [-0.25, -0.2) is 22.9 Å². The molecule has 6 rings (SSSR count). The zero-order valence-corrected chi connectivity index (χ0v) is 21.5. The van der Waals surface area contributed by atoms with Crippen LogP contribution in [-0.2, 0) is 21.4 Å². The van der Waals surface area contributed by atoms with Gasteiger partial charge in [0.2, 0.25) is 16.7 Å². The maximum atomic E-state index is 13.1. The summed E-state index contributed by atoms with van der Waals surface area (Å²) in [6, 6.07) is 8.55. The monoisotopic (exact) mass is 562 g/mol. The Morgan fingerprint density at radius 1 is 0.923 bits per heavy atom. The van der Waals surface area contributed by atoms with Crippen LogP contribution < -0.4 is 15.4 Å². The van der Waals surface area contributed by atoms with Crippen LogP contribution in [0.5, 0.6) is 5.88 Å². The Kier molecular flexibility index (Phi) is 5.92. The van der Waals surface area contributed by atoms with E-state index in [1.165, 1.54) is 47.9 Å². The Bertz CT molecular complexity index is 1880. The van der Waals surface area contributed by atoms with Crippen molar-refractivity contribution < 1.29 is 23.1 Å². The molecule has 0 unspecified atom stereocenters. The molecule has 1 aliphatic heterocycles. The first-order chi connectivity index (χ1) is 18.8. The highest BCUT2D eigenvalue weighted by molar-refractivity contribution is 7.92. The molecule has 5 aromatic rings. The number of carbonyl (C=O) groups is 2. The van der Waals surface area contributed by atoms with Crippen molar-refractivity contribution in [2.45, 2.75) is 11.4 Å². The molecule has 39 heavy (non-hydrogen) atoms. The zero-order valence-electron chi connectivity index (χ0n) is 19.8. The molecule has 1 aliphatic rings. The van der Waals surface area contributed by atoms with Crippen LogP contribution in [0.2, 0.25) is 0 Å². The zero-order chi connectivity index (χ0) is 27.1. The number of carbonyl (C=O) groups excluding carboxylic acids is 2. The summed E-state index contributed by atoms with van der Waals surface area (Å²) >= 11 is 1.25. The summed E-state index contributed by atoms with van der Waals surface area (Å²) in [5.74, 6) is -1.61. The number of amides is 2. The molecule has 0 atom stereocenters. The smallest absolute Gasteiger partial charge is 0.262 e. The van der Waals surface area contributed by atoms with Gasteiger partial charge in [-0.1, -0.05) is 17.4 Å². The highest BCUT2D eigenvalue weighted by Crippen LogP contribution is 2.33. The molecule has 1 aromatic carbocycles. The van der Waals surface area contributed by atoms with E-state index in [1.807, 2.05) is 6.07 Å². The maximum Gasteiger partial charge on any atom is 0.262 e. The van der Waals surface area contributed by atoms with Gasteiger partial charge in [0, 0.05) is 41.8 Å². The predicted molar refractivity (Wildman–Crippen MR) is 140 cm³/mol. The van der Waals surface area contributed by atoms with Crippen molar-refractivity contribution in [3.8, 4) is 27.7 Å². The topological polar surface area (TPSA) is 181 Å². The van der Waals surface area contributed by atoms with Crippen molar-refractivity contribution in [2.24, 2.45) is 0 Å². The highest BCUT2D eigenvalue weighted by Gasteiger charge is 2.21. The van der Waals surface area contributed by atoms with E-state index in [2.05, 4.69) is 35.4 Å². The summed E-state index contributed by atoms with van der Waals surface area (Å²) in [6.45, 7) is -0.153. The van der Waals surface area contributed by atoms with Crippen molar-refractivity contribution in [3.63, 3.8) is 0 Å². The molecular formula is C24H18N8O5S2. The normalized spacial score (nSPS) is 15.2. The molecule has 15 heteroatoms. The van der Waals surface area contributed by atoms with Crippen LogP contribution in [0.3, 0.4) is 0 Å². The number of nitrogens with one attached hydrogen (secondary N) is 3. The number of nitrogens with zero attached hydrogens (tertiary/aromatic N) is 5. The Labute approximate surface area is 224 Å². The van der Waals surface area contributed by atoms with E-state index in [0.717, 1.165) is 5.56 Å². The molecule has 4 N–H and O–H groups in total. The first-order valence-electron chi connectivity index (χ1n) is 11.4. The molecule has 8 bridgehead atoms. The van der Waals surface area contributed by atoms with Gasteiger partial charge in [0.1, 0.15) is 10.7 Å². The Balaban J connectivity index is 1.46. The Morgan fingerprint density at radius 2 is 1.79 bits per heavy atom. The minimum Gasteiger partial charge on any atom is -0.492 e. The summed E-state index contributed by atoms with van der Waals surface area (Å²) in [6.07, 6.45) is 6.28. The lowest BCUT2D eigenvalue weighted by atomic mass is 10.1. The van der Waals surface area contributed by atoms with Gasteiger partial charge in [0.05, 0.1) is 23.3 Å². The van der Waals surface area contributed by atoms with E-state index in [9.17, 15) is 23.1 Å². The molecular weight excluding hydrogens is 544 g/mol. The van der Waals surface area contributed by atoms with Crippen molar-refractivity contribution in [2.75, 3.05) is 11.3 Å². The van der Waals surface area contributed by atoms with E-state index in [-0.39, 0.29) is 29.2 Å². The quantitative estimate of drug-likeness (QED) is 0.219. The first-order valence-corrected chi connectivity index (χ1v) is 13.7. The van der Waals surface area contributed by atoms with Gasteiger partial charge >= 0.3 is 0 Å². The number of pyridine rings is 2. The number of sulfonamides is 1. The average Bonchev–Trinajstić information content (AvgIpc) is 3.53. The summed E-state index contributed by atoms with van der Waals surface area (Å²) in [7, 11) is -4.23. The average molecular weight is 563 g/mol. The fourth-order valence-corrected chi connectivity index (χ4v) is 5.87. The van der Waals surface area contributed by atoms with E-state index < -0.39 is 27.7 Å². The van der Waals surface area contributed by atoms with Gasteiger partial charge in [-0.2, -0.15) is 5.10 Å². The maximum absolute atomic E-state index is 13.1. The molecule has 13 nitrogen and oxygen atoms in total. The van der Waals surface area contributed by atoms with Crippen LogP contribution in [0.25, 0.3) is 26.8 Å². The van der Waals surface area contributed by atoms with Crippen LogP contribution in [0.15, 0.2) is 66.1 Å². The van der Waals surface area contributed by atoms with Gasteiger partial charge in [0.25, 0.3) is 15.9 Å². The largest absolute Gasteiger partial charge is 0.492 e. The van der Waals surface area contributed by atoms with Gasteiger partial charge in [-0.05, 0) is 35.9 Å². The third-order valence-corrected chi connectivity index (χ3v) is 8.17. The van der Waals surface area contributed by atoms with Crippen molar-refractivity contribution in [3.05, 3.63) is 72.3 Å². The van der Waals surface area contributed by atoms with Gasteiger partial charge in [0.15, 0.2) is 0 Å². The standard InChI is InChI=1S/C24H18N8O5S2/c33-20-12-28-21(34)14-2-1-3-17(5-14)39(36,37)31-18-6-16(10-27-22(18)35)23-30-32-19(11-29-24(32)38-23)15-4-13(8-26-20)7-25-9-15/h1-7,9-11,31H,8,12H2,(H,26,33)(H,27,35)(H,28,34). The summed E-state index contributed by atoms with van der Waals surface area (Å²) in [5.41, 5.74) is 2.39. The first kappa shape index (κ1) is 24.4. The fourth-order valence-electron chi connectivity index (χ4n) is 3.91. The minimum atomic E-state index is -4.23. The second kappa shape index (κ2) is 9.45. The van der Waals surface area contributed by atoms with Crippen LogP contribution in [-0.4, -0.2) is 56.4 Å². The van der Waals surface area contributed by atoms with Crippen LogP contribution >= 0.6 is 11.3 Å². The molecule has 0 saturated heterocycles. The van der Waals surface area contributed by atoms with Crippen molar-refractivity contribution in [1.82, 2.24) is 35.2 Å². The number of aromatic hydroxyl groups is 1. The van der Waals surface area contributed by atoms with Crippen molar-refractivity contribution >= 4 is 43.8 Å². The number of benzene rings is 1. The number of rotatable bonds is 0. The van der Waals surface area contributed by atoms with E-state index >= 15 is 0 Å². The van der Waals surface area contributed by atoms with Crippen LogP contribution in [0, 0.1) is 0 Å². The van der Waals surface area contributed by atoms with Crippen LogP contribution in [0.1, 0.15) is 15.9 Å². The number of aromatic nitrogens is 5. The van der Waals surface area contributed by atoms with Gasteiger partial charge in [-0.3, -0.25) is 19.3 Å². The summed E-state index contributed by atoms with van der Waals surface area (Å²) in [5, 5.41) is 20.6. The van der Waals surface area contributed by atoms with Crippen molar-refractivity contribution in [1.29, 1.82) is 0 Å². The van der Waals surface area contributed by atoms with E-state index in [0.29, 0.717) is 26.8 Å². The SMILES string of the molecule is O=C1CNC(=O)c2cccc(c2)S(=O)(=O)Nc2cc(cnc2O)-c2nn3c(cnc3s2)-c2cncc(c2)CN1. The predicted octanol–water partition coefficient (Wildman–Crippen LogP) is 1.78. The number of anilines is 1. The lowest BCUT2D eigenvalue weighted by molar-refractivity contribution is -0.120. The van der Waals surface area contributed by atoms with E-state index in [1.54, 1.807) is 23.1 Å². The molecule has 0 radical (unpaired) electrons. The van der Waals surface area contributed by atoms with Crippen LogP contribution in [0.4, 0.5) is 5.69 Å². The number of fused-ring (bicyclic) bond motifs is 9. The third kappa shape index (κ3) is 4.75. The Morgan fingerprint density at radius 3 is 2.67 bits per heavy atom.